The lowest BCUT2D eigenvalue weighted by molar-refractivity contribution is 0.603. The van der Waals surface area contributed by atoms with Crippen molar-refractivity contribution in [3.63, 3.8) is 0 Å². The maximum Gasteiger partial charge on any atom is 0.131 e. The predicted molar refractivity (Wildman–Crippen MR) is 61.9 cm³/mol. The van der Waals surface area contributed by atoms with Crippen LogP contribution in [0.3, 0.4) is 0 Å². The molecular weight excluding hydrogens is 206 g/mol. The summed E-state index contributed by atoms with van der Waals surface area (Å²) < 4.78 is 26.4. The van der Waals surface area contributed by atoms with Crippen molar-refractivity contribution < 1.29 is 8.78 Å². The van der Waals surface area contributed by atoms with Gasteiger partial charge >= 0.3 is 0 Å². The van der Waals surface area contributed by atoms with Gasteiger partial charge in [0.2, 0.25) is 0 Å². The van der Waals surface area contributed by atoms with Gasteiger partial charge in [-0.2, -0.15) is 0 Å². The molecule has 0 aliphatic heterocycles. The van der Waals surface area contributed by atoms with E-state index in [2.05, 4.69) is 6.58 Å². The number of halogens is 2. The largest absolute Gasteiger partial charge is 0.207 e. The Hall–Kier alpha value is -1.96. The summed E-state index contributed by atoms with van der Waals surface area (Å²) in [6, 6.07) is 10.5. The van der Waals surface area contributed by atoms with Crippen LogP contribution < -0.4 is 0 Å². The van der Waals surface area contributed by atoms with Crippen LogP contribution in [-0.4, -0.2) is 0 Å². The molecule has 0 nitrogen and oxygen atoms in total. The number of benzene rings is 2. The van der Waals surface area contributed by atoms with Gasteiger partial charge < -0.3 is 0 Å². The first-order valence-electron chi connectivity index (χ1n) is 4.88. The lowest BCUT2D eigenvalue weighted by Gasteiger charge is -2.04. The van der Waals surface area contributed by atoms with Crippen molar-refractivity contribution in [2.24, 2.45) is 0 Å². The Morgan fingerprint density at radius 1 is 0.938 bits per heavy atom. The number of hydrogen-bond acceptors (Lipinski definition) is 0. The minimum Gasteiger partial charge on any atom is -0.207 e. The molecule has 0 saturated heterocycles. The molecule has 0 fully saturated rings. The normalized spacial score (nSPS) is 10.1. The van der Waals surface area contributed by atoms with Crippen LogP contribution >= 0.6 is 0 Å². The predicted octanol–water partition coefficient (Wildman–Crippen LogP) is 4.27. The van der Waals surface area contributed by atoms with E-state index in [1.807, 2.05) is 12.1 Å². The van der Waals surface area contributed by atoms with Gasteiger partial charge in [0, 0.05) is 5.56 Å². The molecule has 0 aliphatic carbocycles. The Balaban J connectivity index is 2.49. The lowest BCUT2D eigenvalue weighted by Crippen LogP contribution is -1.86. The zero-order valence-electron chi connectivity index (χ0n) is 8.58. The second-order valence-electron chi connectivity index (χ2n) is 3.45. The fourth-order valence-corrected chi connectivity index (χ4v) is 1.52. The van der Waals surface area contributed by atoms with Crippen molar-refractivity contribution >= 4 is 6.08 Å². The Morgan fingerprint density at radius 2 is 1.62 bits per heavy atom. The first-order chi connectivity index (χ1) is 7.70. The minimum atomic E-state index is -0.441. The summed E-state index contributed by atoms with van der Waals surface area (Å²) in [5.74, 6) is -0.864. The second-order valence-corrected chi connectivity index (χ2v) is 3.45. The molecule has 0 bridgehead atoms. The van der Waals surface area contributed by atoms with Gasteiger partial charge in [0.15, 0.2) is 0 Å². The molecule has 0 spiro atoms. The molecule has 0 saturated carbocycles. The Labute approximate surface area is 92.9 Å². The third-order valence-corrected chi connectivity index (χ3v) is 2.39. The SMILES string of the molecule is C=Cc1ccc(-c2cc(F)ccc2F)cc1. The minimum absolute atomic E-state index is 0.274. The molecule has 0 N–H and O–H groups in total. The molecule has 0 aliphatic rings. The van der Waals surface area contributed by atoms with E-state index < -0.39 is 11.6 Å². The highest BCUT2D eigenvalue weighted by Gasteiger charge is 2.05. The van der Waals surface area contributed by atoms with E-state index in [1.54, 1.807) is 18.2 Å². The molecule has 2 aromatic rings. The van der Waals surface area contributed by atoms with Crippen LogP contribution in [0, 0.1) is 11.6 Å². The molecule has 0 aromatic heterocycles. The molecule has 2 aromatic carbocycles. The van der Waals surface area contributed by atoms with Crippen LogP contribution in [0.5, 0.6) is 0 Å². The third kappa shape index (κ3) is 2.01. The molecule has 0 atom stereocenters. The first kappa shape index (κ1) is 10.6. The van der Waals surface area contributed by atoms with Crippen LogP contribution in [0.2, 0.25) is 0 Å². The summed E-state index contributed by atoms with van der Waals surface area (Å²) in [6.45, 7) is 3.63. The van der Waals surface area contributed by atoms with Crippen molar-refractivity contribution in [2.75, 3.05) is 0 Å². The van der Waals surface area contributed by atoms with Crippen LogP contribution in [0.25, 0.3) is 17.2 Å². The topological polar surface area (TPSA) is 0 Å². The van der Waals surface area contributed by atoms with E-state index in [0.29, 0.717) is 5.56 Å². The van der Waals surface area contributed by atoms with Crippen molar-refractivity contribution in [2.45, 2.75) is 0 Å². The van der Waals surface area contributed by atoms with Gasteiger partial charge in [-0.15, -0.1) is 0 Å². The van der Waals surface area contributed by atoms with Crippen LogP contribution in [0.1, 0.15) is 5.56 Å². The molecule has 2 heteroatoms. The van der Waals surface area contributed by atoms with Gasteiger partial charge in [-0.1, -0.05) is 36.9 Å². The highest BCUT2D eigenvalue weighted by molar-refractivity contribution is 5.66. The molecule has 0 radical (unpaired) electrons. The van der Waals surface area contributed by atoms with Gasteiger partial charge in [0.25, 0.3) is 0 Å². The van der Waals surface area contributed by atoms with Gasteiger partial charge in [-0.3, -0.25) is 0 Å². The average Bonchev–Trinajstić information content (AvgIpc) is 2.32. The standard InChI is InChI=1S/C14H10F2/c1-2-10-3-5-11(6-4-10)13-9-12(15)7-8-14(13)16/h2-9H,1H2. The van der Waals surface area contributed by atoms with E-state index in [4.69, 9.17) is 0 Å². The van der Waals surface area contributed by atoms with Crippen molar-refractivity contribution in [3.8, 4) is 11.1 Å². The highest BCUT2D eigenvalue weighted by Crippen LogP contribution is 2.24. The summed E-state index contributed by atoms with van der Waals surface area (Å²) in [4.78, 5) is 0. The van der Waals surface area contributed by atoms with Crippen molar-refractivity contribution in [3.05, 3.63) is 66.2 Å². The molecule has 0 heterocycles. The summed E-state index contributed by atoms with van der Waals surface area (Å²) in [6.07, 6.45) is 1.70. The first-order valence-corrected chi connectivity index (χ1v) is 4.88. The summed E-state index contributed by atoms with van der Waals surface area (Å²) in [7, 11) is 0. The molecule has 0 amide bonds. The van der Waals surface area contributed by atoms with Gasteiger partial charge in [0.05, 0.1) is 0 Å². The van der Waals surface area contributed by atoms with E-state index in [9.17, 15) is 8.78 Å². The van der Waals surface area contributed by atoms with Gasteiger partial charge in [0.1, 0.15) is 11.6 Å². The van der Waals surface area contributed by atoms with E-state index in [-0.39, 0.29) is 5.56 Å². The zero-order chi connectivity index (χ0) is 11.5. The fraction of sp³-hybridized carbons (Fsp3) is 0. The third-order valence-electron chi connectivity index (χ3n) is 2.39. The van der Waals surface area contributed by atoms with Crippen molar-refractivity contribution in [1.29, 1.82) is 0 Å². The quantitative estimate of drug-likeness (QED) is 0.703. The average molecular weight is 216 g/mol. The number of hydrogen-bond donors (Lipinski definition) is 0. The molecule has 16 heavy (non-hydrogen) atoms. The second kappa shape index (κ2) is 4.27. The zero-order valence-corrected chi connectivity index (χ0v) is 8.58. The van der Waals surface area contributed by atoms with Crippen molar-refractivity contribution in [1.82, 2.24) is 0 Å². The molecule has 2 rings (SSSR count). The van der Waals surface area contributed by atoms with Crippen LogP contribution in [0.4, 0.5) is 8.78 Å². The Morgan fingerprint density at radius 3 is 2.25 bits per heavy atom. The fourth-order valence-electron chi connectivity index (χ4n) is 1.52. The monoisotopic (exact) mass is 216 g/mol. The molecule has 0 unspecified atom stereocenters. The molecule has 80 valence electrons. The van der Waals surface area contributed by atoms with Gasteiger partial charge in [-0.25, -0.2) is 8.78 Å². The summed E-state index contributed by atoms with van der Waals surface area (Å²) >= 11 is 0. The van der Waals surface area contributed by atoms with E-state index in [1.165, 1.54) is 6.07 Å². The van der Waals surface area contributed by atoms with E-state index in [0.717, 1.165) is 17.7 Å². The maximum absolute atomic E-state index is 13.5. The summed E-state index contributed by atoms with van der Waals surface area (Å²) in [5.41, 5.74) is 1.87. The molecular formula is C14H10F2. The smallest absolute Gasteiger partial charge is 0.131 e. The Kier molecular flexibility index (Phi) is 2.82. The van der Waals surface area contributed by atoms with Crippen LogP contribution in [-0.2, 0) is 0 Å². The Bertz CT molecular complexity index is 513. The highest BCUT2D eigenvalue weighted by atomic mass is 19.1. The van der Waals surface area contributed by atoms with Gasteiger partial charge in [-0.05, 0) is 29.3 Å². The van der Waals surface area contributed by atoms with Crippen LogP contribution in [0.15, 0.2) is 49.0 Å². The lowest BCUT2D eigenvalue weighted by atomic mass is 10.0. The summed E-state index contributed by atoms with van der Waals surface area (Å²) in [5, 5.41) is 0. The van der Waals surface area contributed by atoms with E-state index >= 15 is 0 Å². The maximum atomic E-state index is 13.5. The number of rotatable bonds is 2.